The number of ether oxygens (including phenoxy) is 2. The first-order valence-corrected chi connectivity index (χ1v) is 10.2. The fourth-order valence-electron chi connectivity index (χ4n) is 2.18. The topological polar surface area (TPSA) is 93.4 Å². The smallest absolute Gasteiger partial charge is 0.354 e. The molecule has 0 aliphatic rings. The fraction of sp³-hybridized carbons (Fsp3) is 1.00. The van der Waals surface area contributed by atoms with Gasteiger partial charge in [0.2, 0.25) is 0 Å². The summed E-state index contributed by atoms with van der Waals surface area (Å²) in [6.45, 7) is 10.4. The van der Waals surface area contributed by atoms with E-state index in [1.54, 1.807) is 0 Å². The Morgan fingerprint density at radius 1 is 1.04 bits per heavy atom. The Hall–Kier alpha value is -0.103. The molecule has 0 fully saturated rings. The summed E-state index contributed by atoms with van der Waals surface area (Å²) in [5, 5.41) is 3.28. The van der Waals surface area contributed by atoms with Gasteiger partial charge in [0.25, 0.3) is 5.97 Å². The first-order valence-electron chi connectivity index (χ1n) is 8.61. The average Bonchev–Trinajstić information content (AvgIpc) is 2.54. The van der Waals surface area contributed by atoms with Gasteiger partial charge in [0.05, 0.1) is 0 Å². The van der Waals surface area contributed by atoms with E-state index in [-0.39, 0.29) is 6.04 Å². The Morgan fingerprint density at radius 2 is 1.62 bits per heavy atom. The summed E-state index contributed by atoms with van der Waals surface area (Å²) in [6.07, 6.45) is 1.28. The number of nitrogens with two attached hydrogens (primary N) is 1. The Balaban J connectivity index is 4.96. The lowest BCUT2D eigenvalue weighted by Crippen LogP contribution is -2.56. The second-order valence-corrected chi connectivity index (χ2v) is 7.59. The van der Waals surface area contributed by atoms with Crippen LogP contribution in [0.3, 0.4) is 0 Å². The molecule has 0 aliphatic carbocycles. The van der Waals surface area contributed by atoms with E-state index in [1.165, 1.54) is 14.2 Å². The van der Waals surface area contributed by atoms with Crippen molar-refractivity contribution in [1.82, 2.24) is 5.32 Å². The van der Waals surface area contributed by atoms with Crippen molar-refractivity contribution in [2.45, 2.75) is 52.6 Å². The molecule has 0 radical (unpaired) electrons. The molecule has 8 nitrogen and oxygen atoms in total. The molecule has 0 spiro atoms. The summed E-state index contributed by atoms with van der Waals surface area (Å²) in [7, 11) is -0.334. The molecule has 1 atom stereocenters. The van der Waals surface area contributed by atoms with E-state index < -0.39 is 15.0 Å². The first-order chi connectivity index (χ1) is 11.4. The van der Waals surface area contributed by atoms with Gasteiger partial charge in [0.15, 0.2) is 0 Å². The van der Waals surface area contributed by atoms with Gasteiger partial charge in [0.1, 0.15) is 0 Å². The second-order valence-electron chi connectivity index (χ2n) is 5.28. The van der Waals surface area contributed by atoms with Gasteiger partial charge in [0, 0.05) is 53.0 Å². The summed E-state index contributed by atoms with van der Waals surface area (Å²) >= 11 is 0. The van der Waals surface area contributed by atoms with Gasteiger partial charge in [-0.15, -0.1) is 0 Å². The molecule has 146 valence electrons. The van der Waals surface area contributed by atoms with Crippen LogP contribution in [0.25, 0.3) is 0 Å². The predicted molar refractivity (Wildman–Crippen MR) is 94.2 cm³/mol. The van der Waals surface area contributed by atoms with Crippen molar-refractivity contribution in [3.8, 4) is 0 Å². The highest BCUT2D eigenvalue weighted by Crippen LogP contribution is 2.28. The number of rotatable bonds is 16. The second kappa shape index (κ2) is 13.1. The quantitative estimate of drug-likeness (QED) is 0.239. The maximum atomic E-state index is 6.05. The van der Waals surface area contributed by atoms with E-state index >= 15 is 0 Å². The zero-order valence-corrected chi connectivity index (χ0v) is 17.1. The van der Waals surface area contributed by atoms with Crippen LogP contribution in [0.15, 0.2) is 0 Å². The van der Waals surface area contributed by atoms with Gasteiger partial charge in [-0.25, -0.2) is 0 Å². The lowest BCUT2D eigenvalue weighted by molar-refractivity contribution is -0.365. The van der Waals surface area contributed by atoms with E-state index in [9.17, 15) is 0 Å². The zero-order valence-electron chi connectivity index (χ0n) is 16.1. The first kappa shape index (κ1) is 23.9. The number of nitrogens with one attached hydrogen (secondary N) is 1. The van der Waals surface area contributed by atoms with Crippen molar-refractivity contribution in [2.75, 3.05) is 47.1 Å². The molecule has 0 bridgehead atoms. The zero-order chi connectivity index (χ0) is 18.5. The minimum absolute atomic E-state index is 0.116. The molecular formula is C15H36N2O6Si. The van der Waals surface area contributed by atoms with Crippen LogP contribution in [0.4, 0.5) is 0 Å². The van der Waals surface area contributed by atoms with Crippen molar-refractivity contribution < 1.29 is 27.2 Å². The molecule has 1 unspecified atom stereocenters. The molecule has 0 aromatic carbocycles. The third kappa shape index (κ3) is 8.84. The highest BCUT2D eigenvalue weighted by atomic mass is 28.4. The molecule has 0 aromatic heterocycles. The van der Waals surface area contributed by atoms with Crippen molar-refractivity contribution in [3.05, 3.63) is 0 Å². The summed E-state index contributed by atoms with van der Waals surface area (Å²) < 4.78 is 34.1. The monoisotopic (exact) mass is 368 g/mol. The van der Waals surface area contributed by atoms with Gasteiger partial charge in [-0.2, -0.15) is 0 Å². The molecule has 0 saturated carbocycles. The SMILES string of the molecule is CCOC(CCCNCC(C)N)(OCC)O[Si](OC)(OC)OCC. The lowest BCUT2D eigenvalue weighted by Gasteiger charge is -2.38. The average molecular weight is 369 g/mol. The predicted octanol–water partition coefficient (Wildman–Crippen LogP) is 1.21. The Morgan fingerprint density at radius 3 is 2.04 bits per heavy atom. The van der Waals surface area contributed by atoms with E-state index in [1.807, 2.05) is 27.7 Å². The van der Waals surface area contributed by atoms with Gasteiger partial charge in [-0.1, -0.05) is 0 Å². The van der Waals surface area contributed by atoms with Crippen LogP contribution in [0.2, 0.25) is 0 Å². The van der Waals surface area contributed by atoms with Gasteiger partial charge < -0.3 is 33.8 Å². The normalized spacial score (nSPS) is 14.1. The number of hydrogen-bond donors (Lipinski definition) is 2. The minimum Gasteiger partial charge on any atom is -0.354 e. The van der Waals surface area contributed by atoms with Crippen LogP contribution in [0.5, 0.6) is 0 Å². The molecule has 0 heterocycles. The van der Waals surface area contributed by atoms with E-state index in [2.05, 4.69) is 5.32 Å². The number of hydrogen-bond acceptors (Lipinski definition) is 8. The Kier molecular flexibility index (Phi) is 13.1. The van der Waals surface area contributed by atoms with Crippen molar-refractivity contribution in [2.24, 2.45) is 5.73 Å². The van der Waals surface area contributed by atoms with Gasteiger partial charge >= 0.3 is 9.05 Å². The van der Waals surface area contributed by atoms with E-state index in [0.29, 0.717) is 26.2 Å². The summed E-state index contributed by atoms with van der Waals surface area (Å²) in [6, 6.07) is 0.116. The molecule has 0 saturated heterocycles. The largest absolute Gasteiger partial charge is 0.683 e. The van der Waals surface area contributed by atoms with Gasteiger partial charge in [-0.3, -0.25) is 4.43 Å². The highest BCUT2D eigenvalue weighted by Gasteiger charge is 2.52. The van der Waals surface area contributed by atoms with Crippen LogP contribution >= 0.6 is 0 Å². The summed E-state index contributed by atoms with van der Waals surface area (Å²) in [4.78, 5) is 0. The maximum absolute atomic E-state index is 6.05. The molecular weight excluding hydrogens is 332 g/mol. The van der Waals surface area contributed by atoms with Crippen LogP contribution in [-0.4, -0.2) is 68.2 Å². The fourth-order valence-corrected chi connectivity index (χ4v) is 3.76. The Bertz CT molecular complexity index is 300. The molecule has 3 N–H and O–H groups in total. The van der Waals surface area contributed by atoms with Gasteiger partial charge in [-0.05, 0) is 40.7 Å². The van der Waals surface area contributed by atoms with Crippen molar-refractivity contribution >= 4 is 9.05 Å². The molecule has 24 heavy (non-hydrogen) atoms. The Labute approximate surface area is 147 Å². The highest BCUT2D eigenvalue weighted by molar-refractivity contribution is 6.53. The van der Waals surface area contributed by atoms with E-state index in [0.717, 1.165) is 19.5 Å². The summed E-state index contributed by atoms with van der Waals surface area (Å²) in [5.74, 6) is -1.26. The minimum atomic E-state index is -3.33. The molecule has 0 aromatic rings. The van der Waals surface area contributed by atoms with Crippen molar-refractivity contribution in [1.29, 1.82) is 0 Å². The summed E-state index contributed by atoms with van der Waals surface area (Å²) in [5.41, 5.74) is 5.73. The molecule has 0 amide bonds. The van der Waals surface area contributed by atoms with Crippen LogP contribution in [0, 0.1) is 0 Å². The van der Waals surface area contributed by atoms with Crippen molar-refractivity contribution in [3.63, 3.8) is 0 Å². The standard InChI is InChI=1S/C15H36N2O6Si/c1-7-20-15(21-8-2,11-10-12-17-13-14(4)16)23-24(18-5,19-6)22-9-3/h14,17H,7-13,16H2,1-6H3. The third-order valence-electron chi connectivity index (χ3n) is 3.13. The van der Waals surface area contributed by atoms with E-state index in [4.69, 9.17) is 32.9 Å². The lowest BCUT2D eigenvalue weighted by atomic mass is 10.2. The van der Waals surface area contributed by atoms with Crippen LogP contribution in [-0.2, 0) is 27.2 Å². The van der Waals surface area contributed by atoms with Crippen LogP contribution < -0.4 is 11.1 Å². The molecule has 0 aliphatic heterocycles. The van der Waals surface area contributed by atoms with Crippen LogP contribution in [0.1, 0.15) is 40.5 Å². The molecule has 0 rings (SSSR count). The maximum Gasteiger partial charge on any atom is 0.683 e. The molecule has 9 heteroatoms. The third-order valence-corrected chi connectivity index (χ3v) is 5.34.